The Labute approximate surface area is 116 Å². The van der Waals surface area contributed by atoms with Crippen LogP contribution in [-0.4, -0.2) is 9.97 Å². The molecule has 0 radical (unpaired) electrons. The minimum Gasteiger partial charge on any atom is -0.350 e. The average molecular weight is 306 g/mol. The van der Waals surface area contributed by atoms with Crippen LogP contribution in [0.1, 0.15) is 22.5 Å². The van der Waals surface area contributed by atoms with E-state index in [1.807, 2.05) is 26.0 Å². The number of aromatic nitrogens is 2. The second-order valence-electron chi connectivity index (χ2n) is 4.40. The zero-order chi connectivity index (χ0) is 13.1. The first-order valence-electron chi connectivity index (χ1n) is 5.86. The maximum Gasteiger partial charge on any atom is 0.223 e. The van der Waals surface area contributed by atoms with Crippen LogP contribution in [-0.2, 0) is 6.54 Å². The third kappa shape index (κ3) is 3.29. The molecule has 94 valence electrons. The molecule has 0 unspecified atom stereocenters. The Morgan fingerprint density at radius 2 is 1.72 bits per heavy atom. The Hall–Kier alpha value is -1.42. The van der Waals surface area contributed by atoms with Crippen molar-refractivity contribution in [2.45, 2.75) is 27.3 Å². The standard InChI is InChI=1S/C14H16BrN3/c1-9-4-5-13(15)7-12(9)8-16-14-17-10(2)6-11(3)18-14/h4-7H,8H2,1-3H3,(H,16,17,18). The second-order valence-corrected chi connectivity index (χ2v) is 5.31. The van der Waals surface area contributed by atoms with Crippen LogP contribution in [0.2, 0.25) is 0 Å². The summed E-state index contributed by atoms with van der Waals surface area (Å²) in [6.45, 7) is 6.79. The van der Waals surface area contributed by atoms with Crippen molar-refractivity contribution in [3.63, 3.8) is 0 Å². The predicted octanol–water partition coefficient (Wildman–Crippen LogP) is 3.78. The van der Waals surface area contributed by atoms with E-state index in [9.17, 15) is 0 Å². The van der Waals surface area contributed by atoms with Gasteiger partial charge < -0.3 is 5.32 Å². The number of nitrogens with one attached hydrogen (secondary N) is 1. The summed E-state index contributed by atoms with van der Waals surface area (Å²) in [5.41, 5.74) is 4.47. The summed E-state index contributed by atoms with van der Waals surface area (Å²) in [4.78, 5) is 8.73. The lowest BCUT2D eigenvalue weighted by atomic mass is 10.1. The fourth-order valence-electron chi connectivity index (χ4n) is 1.81. The molecule has 0 atom stereocenters. The summed E-state index contributed by atoms with van der Waals surface area (Å²) in [6.07, 6.45) is 0. The lowest BCUT2D eigenvalue weighted by molar-refractivity contribution is 0.997. The molecule has 0 fully saturated rings. The number of aryl methyl sites for hydroxylation is 3. The highest BCUT2D eigenvalue weighted by atomic mass is 79.9. The van der Waals surface area contributed by atoms with Gasteiger partial charge in [0.25, 0.3) is 0 Å². The topological polar surface area (TPSA) is 37.8 Å². The van der Waals surface area contributed by atoms with Crippen LogP contribution in [0.25, 0.3) is 0 Å². The van der Waals surface area contributed by atoms with Gasteiger partial charge >= 0.3 is 0 Å². The van der Waals surface area contributed by atoms with Gasteiger partial charge in [-0.25, -0.2) is 9.97 Å². The molecule has 0 saturated carbocycles. The number of nitrogens with zero attached hydrogens (tertiary/aromatic N) is 2. The van der Waals surface area contributed by atoms with Gasteiger partial charge in [0.15, 0.2) is 0 Å². The summed E-state index contributed by atoms with van der Waals surface area (Å²) >= 11 is 3.49. The van der Waals surface area contributed by atoms with Gasteiger partial charge in [-0.3, -0.25) is 0 Å². The molecular weight excluding hydrogens is 290 g/mol. The molecule has 0 saturated heterocycles. The van der Waals surface area contributed by atoms with Crippen LogP contribution < -0.4 is 5.32 Å². The molecule has 3 nitrogen and oxygen atoms in total. The molecule has 2 rings (SSSR count). The summed E-state index contributed by atoms with van der Waals surface area (Å²) in [5, 5.41) is 3.27. The molecule has 0 aliphatic heterocycles. The molecule has 4 heteroatoms. The van der Waals surface area contributed by atoms with Crippen molar-refractivity contribution in [2.75, 3.05) is 5.32 Å². The van der Waals surface area contributed by atoms with E-state index in [-0.39, 0.29) is 0 Å². The van der Waals surface area contributed by atoms with Crippen LogP contribution >= 0.6 is 15.9 Å². The number of rotatable bonds is 3. The fraction of sp³-hybridized carbons (Fsp3) is 0.286. The third-order valence-electron chi connectivity index (χ3n) is 2.73. The number of hydrogen-bond donors (Lipinski definition) is 1. The molecule has 0 aliphatic carbocycles. The van der Waals surface area contributed by atoms with Crippen molar-refractivity contribution in [2.24, 2.45) is 0 Å². The lowest BCUT2D eigenvalue weighted by Gasteiger charge is -2.09. The van der Waals surface area contributed by atoms with Crippen LogP contribution in [0, 0.1) is 20.8 Å². The van der Waals surface area contributed by atoms with Crippen molar-refractivity contribution in [3.05, 3.63) is 51.3 Å². The Morgan fingerprint density at radius 1 is 1.06 bits per heavy atom. The summed E-state index contributed by atoms with van der Waals surface area (Å²) in [6, 6.07) is 8.23. The molecule has 1 heterocycles. The van der Waals surface area contributed by atoms with E-state index in [4.69, 9.17) is 0 Å². The predicted molar refractivity (Wildman–Crippen MR) is 77.7 cm³/mol. The van der Waals surface area contributed by atoms with Gasteiger partial charge in [-0.1, -0.05) is 22.0 Å². The highest BCUT2D eigenvalue weighted by molar-refractivity contribution is 9.10. The van der Waals surface area contributed by atoms with Crippen molar-refractivity contribution < 1.29 is 0 Å². The van der Waals surface area contributed by atoms with Gasteiger partial charge in [-0.2, -0.15) is 0 Å². The number of halogens is 1. The monoisotopic (exact) mass is 305 g/mol. The SMILES string of the molecule is Cc1cc(C)nc(NCc2cc(Br)ccc2C)n1. The van der Waals surface area contributed by atoms with Gasteiger partial charge in [0.1, 0.15) is 0 Å². The van der Waals surface area contributed by atoms with E-state index in [1.165, 1.54) is 11.1 Å². The molecule has 1 N–H and O–H groups in total. The minimum absolute atomic E-state index is 0.687. The van der Waals surface area contributed by atoms with Gasteiger partial charge in [0, 0.05) is 22.4 Å². The molecule has 0 spiro atoms. The Bertz CT molecular complexity index is 547. The van der Waals surface area contributed by atoms with E-state index in [2.05, 4.69) is 50.3 Å². The molecule has 1 aromatic carbocycles. The van der Waals surface area contributed by atoms with E-state index in [0.717, 1.165) is 22.4 Å². The first-order valence-corrected chi connectivity index (χ1v) is 6.65. The second kappa shape index (κ2) is 5.48. The Balaban J connectivity index is 2.13. The van der Waals surface area contributed by atoms with Crippen LogP contribution in [0.3, 0.4) is 0 Å². The Morgan fingerprint density at radius 3 is 2.39 bits per heavy atom. The van der Waals surface area contributed by atoms with Crippen LogP contribution in [0.4, 0.5) is 5.95 Å². The van der Waals surface area contributed by atoms with Crippen molar-refractivity contribution in [3.8, 4) is 0 Å². The van der Waals surface area contributed by atoms with Crippen molar-refractivity contribution in [1.29, 1.82) is 0 Å². The van der Waals surface area contributed by atoms with Crippen LogP contribution in [0.15, 0.2) is 28.7 Å². The zero-order valence-corrected chi connectivity index (χ0v) is 12.4. The quantitative estimate of drug-likeness (QED) is 0.938. The number of benzene rings is 1. The molecule has 1 aromatic heterocycles. The molecule has 0 amide bonds. The molecule has 2 aromatic rings. The maximum atomic E-state index is 4.37. The Kier molecular flexibility index (Phi) is 3.97. The third-order valence-corrected chi connectivity index (χ3v) is 3.22. The first-order chi connectivity index (χ1) is 8.54. The van der Waals surface area contributed by atoms with E-state index in [1.54, 1.807) is 0 Å². The average Bonchev–Trinajstić information content (AvgIpc) is 2.29. The van der Waals surface area contributed by atoms with Crippen molar-refractivity contribution in [1.82, 2.24) is 9.97 Å². The van der Waals surface area contributed by atoms with E-state index >= 15 is 0 Å². The normalized spacial score (nSPS) is 10.4. The van der Waals surface area contributed by atoms with Gasteiger partial charge in [-0.05, 0) is 50.1 Å². The van der Waals surface area contributed by atoms with E-state index in [0.29, 0.717) is 5.95 Å². The molecule has 0 aliphatic rings. The summed E-state index contributed by atoms with van der Waals surface area (Å²) in [5.74, 6) is 0.687. The molecular formula is C14H16BrN3. The lowest BCUT2D eigenvalue weighted by Crippen LogP contribution is -2.06. The summed E-state index contributed by atoms with van der Waals surface area (Å²) < 4.78 is 1.09. The number of hydrogen-bond acceptors (Lipinski definition) is 3. The largest absolute Gasteiger partial charge is 0.350 e. The molecule has 18 heavy (non-hydrogen) atoms. The van der Waals surface area contributed by atoms with E-state index < -0.39 is 0 Å². The highest BCUT2D eigenvalue weighted by Gasteiger charge is 2.02. The number of anilines is 1. The minimum atomic E-state index is 0.687. The van der Waals surface area contributed by atoms with Gasteiger partial charge in [0.2, 0.25) is 5.95 Å². The first kappa shape index (κ1) is 13.0. The zero-order valence-electron chi connectivity index (χ0n) is 10.8. The van der Waals surface area contributed by atoms with Gasteiger partial charge in [-0.15, -0.1) is 0 Å². The van der Waals surface area contributed by atoms with Crippen LogP contribution in [0.5, 0.6) is 0 Å². The molecule has 0 bridgehead atoms. The van der Waals surface area contributed by atoms with Gasteiger partial charge in [0.05, 0.1) is 0 Å². The smallest absolute Gasteiger partial charge is 0.223 e. The maximum absolute atomic E-state index is 4.37. The highest BCUT2D eigenvalue weighted by Crippen LogP contribution is 2.17. The summed E-state index contributed by atoms with van der Waals surface area (Å²) in [7, 11) is 0. The van der Waals surface area contributed by atoms with Crippen molar-refractivity contribution >= 4 is 21.9 Å². The fourth-order valence-corrected chi connectivity index (χ4v) is 2.22.